The van der Waals surface area contributed by atoms with Crippen LogP contribution in [-0.2, 0) is 10.0 Å². The fraction of sp³-hybridized carbons (Fsp3) is 0.357. The van der Waals surface area contributed by atoms with Crippen molar-refractivity contribution in [3.8, 4) is 0 Å². The van der Waals surface area contributed by atoms with Crippen LogP contribution in [0.3, 0.4) is 0 Å². The number of amides is 2. The van der Waals surface area contributed by atoms with Crippen molar-refractivity contribution in [2.75, 3.05) is 18.9 Å². The van der Waals surface area contributed by atoms with Gasteiger partial charge in [0.15, 0.2) is 0 Å². The molecule has 1 aromatic rings. The number of hydrogen-bond acceptors (Lipinski definition) is 3. The lowest BCUT2D eigenvalue weighted by Crippen LogP contribution is -2.34. The summed E-state index contributed by atoms with van der Waals surface area (Å²) in [6, 6.07) is 5.71. The minimum Gasteiger partial charge on any atom is -0.336 e. The van der Waals surface area contributed by atoms with Crippen molar-refractivity contribution in [3.05, 3.63) is 36.9 Å². The summed E-state index contributed by atoms with van der Waals surface area (Å²) in [5, 5.41) is 5.32. The zero-order valence-corrected chi connectivity index (χ0v) is 13.3. The summed E-state index contributed by atoms with van der Waals surface area (Å²) in [5.74, 6) is 0. The van der Waals surface area contributed by atoms with Gasteiger partial charge in [0, 0.05) is 25.3 Å². The maximum absolute atomic E-state index is 12.2. The number of nitrogens with one attached hydrogen (secondary N) is 2. The van der Waals surface area contributed by atoms with E-state index in [2.05, 4.69) is 17.2 Å². The highest BCUT2D eigenvalue weighted by Crippen LogP contribution is 2.17. The van der Waals surface area contributed by atoms with Gasteiger partial charge in [-0.15, -0.1) is 6.58 Å². The molecule has 0 aliphatic heterocycles. The van der Waals surface area contributed by atoms with E-state index in [1.165, 1.54) is 29.6 Å². The first-order chi connectivity index (χ1) is 9.77. The molecule has 116 valence electrons. The van der Waals surface area contributed by atoms with Gasteiger partial charge in [-0.1, -0.05) is 6.08 Å². The van der Waals surface area contributed by atoms with Crippen LogP contribution in [0.2, 0.25) is 0 Å². The number of likely N-dealkylation sites (N-methyl/N-ethyl adjacent to an activating group) is 1. The highest BCUT2D eigenvalue weighted by molar-refractivity contribution is 7.89. The summed E-state index contributed by atoms with van der Waals surface area (Å²) < 4.78 is 25.6. The number of rotatable bonds is 6. The van der Waals surface area contributed by atoms with Gasteiger partial charge in [0.05, 0.1) is 4.90 Å². The molecule has 2 amide bonds. The van der Waals surface area contributed by atoms with E-state index < -0.39 is 10.0 Å². The SMILES string of the molecule is C=CCN(C)S(=O)(=O)c1ccc(NC(=O)NC(C)C)cc1. The Kier molecular flexibility index (Phi) is 5.92. The van der Waals surface area contributed by atoms with Crippen molar-refractivity contribution in [1.29, 1.82) is 0 Å². The molecule has 0 aromatic heterocycles. The van der Waals surface area contributed by atoms with E-state index in [1.807, 2.05) is 13.8 Å². The quantitative estimate of drug-likeness (QED) is 0.789. The lowest BCUT2D eigenvalue weighted by Gasteiger charge is -2.15. The van der Waals surface area contributed by atoms with E-state index in [0.717, 1.165) is 0 Å². The highest BCUT2D eigenvalue weighted by atomic mass is 32.2. The molecule has 0 unspecified atom stereocenters. The van der Waals surface area contributed by atoms with Crippen molar-refractivity contribution >= 4 is 21.7 Å². The van der Waals surface area contributed by atoms with Crippen molar-refractivity contribution in [1.82, 2.24) is 9.62 Å². The first-order valence-electron chi connectivity index (χ1n) is 6.52. The van der Waals surface area contributed by atoms with Crippen LogP contribution in [0.1, 0.15) is 13.8 Å². The summed E-state index contributed by atoms with van der Waals surface area (Å²) >= 11 is 0. The zero-order valence-electron chi connectivity index (χ0n) is 12.5. The number of hydrogen-bond donors (Lipinski definition) is 2. The van der Waals surface area contributed by atoms with Gasteiger partial charge in [0.1, 0.15) is 0 Å². The molecule has 0 aliphatic rings. The van der Waals surface area contributed by atoms with Gasteiger partial charge in [-0.25, -0.2) is 13.2 Å². The molecule has 0 heterocycles. The second-order valence-electron chi connectivity index (χ2n) is 4.85. The van der Waals surface area contributed by atoms with Crippen LogP contribution in [0.15, 0.2) is 41.8 Å². The number of urea groups is 1. The van der Waals surface area contributed by atoms with Crippen LogP contribution < -0.4 is 10.6 Å². The molecular weight excluding hydrogens is 290 g/mol. The molecule has 0 saturated carbocycles. The summed E-state index contributed by atoms with van der Waals surface area (Å²) in [6.45, 7) is 7.46. The standard InChI is InChI=1S/C14H21N3O3S/c1-5-10-17(4)21(19,20)13-8-6-12(7-9-13)16-14(18)15-11(2)3/h5-9,11H,1,10H2,2-4H3,(H2,15,16,18). The zero-order chi connectivity index (χ0) is 16.0. The smallest absolute Gasteiger partial charge is 0.319 e. The van der Waals surface area contributed by atoms with Gasteiger partial charge >= 0.3 is 6.03 Å². The summed E-state index contributed by atoms with van der Waals surface area (Å²) in [4.78, 5) is 11.7. The van der Waals surface area contributed by atoms with E-state index in [9.17, 15) is 13.2 Å². The van der Waals surface area contributed by atoms with E-state index >= 15 is 0 Å². The number of carbonyl (C=O) groups excluding carboxylic acids is 1. The summed E-state index contributed by atoms with van der Waals surface area (Å²) in [7, 11) is -2.05. The number of anilines is 1. The Bertz CT molecular complexity index is 594. The molecule has 0 bridgehead atoms. The van der Waals surface area contributed by atoms with Gasteiger partial charge in [0.2, 0.25) is 10.0 Å². The van der Waals surface area contributed by atoms with Crippen LogP contribution in [0.25, 0.3) is 0 Å². The molecule has 0 spiro atoms. The van der Waals surface area contributed by atoms with Gasteiger partial charge in [-0.3, -0.25) is 0 Å². The molecule has 21 heavy (non-hydrogen) atoms. The molecule has 2 N–H and O–H groups in total. The Morgan fingerprint density at radius 3 is 2.38 bits per heavy atom. The van der Waals surface area contributed by atoms with Crippen LogP contribution >= 0.6 is 0 Å². The monoisotopic (exact) mass is 311 g/mol. The van der Waals surface area contributed by atoms with E-state index in [-0.39, 0.29) is 23.5 Å². The van der Waals surface area contributed by atoms with Crippen molar-refractivity contribution in [2.24, 2.45) is 0 Å². The maximum atomic E-state index is 12.2. The lowest BCUT2D eigenvalue weighted by atomic mass is 10.3. The molecule has 1 aromatic carbocycles. The molecule has 0 saturated heterocycles. The topological polar surface area (TPSA) is 78.5 Å². The maximum Gasteiger partial charge on any atom is 0.319 e. The molecule has 0 atom stereocenters. The molecule has 7 heteroatoms. The Hall–Kier alpha value is -1.86. The second-order valence-corrected chi connectivity index (χ2v) is 6.90. The van der Waals surface area contributed by atoms with Gasteiger partial charge in [0.25, 0.3) is 0 Å². The third kappa shape index (κ3) is 4.87. The van der Waals surface area contributed by atoms with E-state index in [4.69, 9.17) is 0 Å². The molecule has 1 rings (SSSR count). The Morgan fingerprint density at radius 1 is 1.33 bits per heavy atom. The molecule has 0 aliphatic carbocycles. The van der Waals surface area contributed by atoms with Gasteiger partial charge in [-0.05, 0) is 38.1 Å². The van der Waals surface area contributed by atoms with Crippen LogP contribution in [0.4, 0.5) is 10.5 Å². The normalized spacial score (nSPS) is 11.5. The first-order valence-corrected chi connectivity index (χ1v) is 7.96. The highest BCUT2D eigenvalue weighted by Gasteiger charge is 2.19. The third-order valence-corrected chi connectivity index (χ3v) is 4.46. The Labute approximate surface area is 125 Å². The van der Waals surface area contributed by atoms with Crippen LogP contribution in [0.5, 0.6) is 0 Å². The Morgan fingerprint density at radius 2 is 1.90 bits per heavy atom. The fourth-order valence-corrected chi connectivity index (χ4v) is 2.74. The largest absolute Gasteiger partial charge is 0.336 e. The molecule has 0 radical (unpaired) electrons. The van der Waals surface area contributed by atoms with Crippen LogP contribution in [0, 0.1) is 0 Å². The number of nitrogens with zero attached hydrogens (tertiary/aromatic N) is 1. The van der Waals surface area contributed by atoms with E-state index in [1.54, 1.807) is 12.1 Å². The predicted molar refractivity (Wildman–Crippen MR) is 83.7 cm³/mol. The number of sulfonamides is 1. The fourth-order valence-electron chi connectivity index (χ4n) is 1.60. The van der Waals surface area contributed by atoms with Crippen LogP contribution in [-0.4, -0.2) is 38.4 Å². The lowest BCUT2D eigenvalue weighted by molar-refractivity contribution is 0.250. The second kappa shape index (κ2) is 7.24. The van der Waals surface area contributed by atoms with Crippen molar-refractivity contribution in [3.63, 3.8) is 0 Å². The van der Waals surface area contributed by atoms with Crippen molar-refractivity contribution < 1.29 is 13.2 Å². The van der Waals surface area contributed by atoms with Crippen molar-refractivity contribution in [2.45, 2.75) is 24.8 Å². The average Bonchev–Trinajstić information content (AvgIpc) is 2.38. The first kappa shape index (κ1) is 17.2. The summed E-state index contributed by atoms with van der Waals surface area (Å²) in [5.41, 5.74) is 0.526. The molecular formula is C14H21N3O3S. The van der Waals surface area contributed by atoms with E-state index in [0.29, 0.717) is 5.69 Å². The minimum atomic E-state index is -3.53. The van der Waals surface area contributed by atoms with Gasteiger partial charge < -0.3 is 10.6 Å². The number of benzene rings is 1. The number of carbonyl (C=O) groups is 1. The van der Waals surface area contributed by atoms with Gasteiger partial charge in [-0.2, -0.15) is 4.31 Å². The molecule has 6 nitrogen and oxygen atoms in total. The average molecular weight is 311 g/mol. The molecule has 0 fully saturated rings. The minimum absolute atomic E-state index is 0.0252. The Balaban J connectivity index is 2.83. The summed E-state index contributed by atoms with van der Waals surface area (Å²) in [6.07, 6.45) is 1.52. The predicted octanol–water partition coefficient (Wildman–Crippen LogP) is 2.02. The third-order valence-electron chi connectivity index (χ3n) is 2.63.